The number of aliphatic hydroxyl groups is 1. The number of urea groups is 1. The highest BCUT2D eigenvalue weighted by Crippen LogP contribution is 2.23. The first-order valence-corrected chi connectivity index (χ1v) is 7.18. The minimum absolute atomic E-state index is 0.0198. The number of carbonyl (C=O) groups is 1. The number of hydrogen-bond acceptors (Lipinski definition) is 4. The molecule has 0 bridgehead atoms. The van der Waals surface area contributed by atoms with Crippen LogP contribution < -0.4 is 10.6 Å². The van der Waals surface area contributed by atoms with Gasteiger partial charge in [0.2, 0.25) is 0 Å². The zero-order valence-corrected chi connectivity index (χ0v) is 11.8. The summed E-state index contributed by atoms with van der Waals surface area (Å²) < 4.78 is 1.68. The van der Waals surface area contributed by atoms with Gasteiger partial charge in [0.05, 0.1) is 12.6 Å². The highest BCUT2D eigenvalue weighted by Gasteiger charge is 2.20. The van der Waals surface area contributed by atoms with E-state index < -0.39 is 0 Å². The maximum atomic E-state index is 11.8. The van der Waals surface area contributed by atoms with Gasteiger partial charge in [-0.05, 0) is 32.1 Å². The van der Waals surface area contributed by atoms with Gasteiger partial charge in [-0.1, -0.05) is 6.42 Å². The Labute approximate surface area is 118 Å². The molecule has 1 saturated carbocycles. The van der Waals surface area contributed by atoms with E-state index in [1.807, 2.05) is 6.92 Å². The number of rotatable bonds is 5. The predicted octanol–water partition coefficient (Wildman–Crippen LogP) is 0.517. The van der Waals surface area contributed by atoms with Gasteiger partial charge in [0.1, 0.15) is 12.7 Å². The predicted molar refractivity (Wildman–Crippen MR) is 74.0 cm³/mol. The molecular formula is C13H23N5O2. The maximum absolute atomic E-state index is 11.8. The van der Waals surface area contributed by atoms with Gasteiger partial charge in [0.15, 0.2) is 0 Å². The summed E-state index contributed by atoms with van der Waals surface area (Å²) in [5, 5.41) is 19.3. The molecule has 1 heterocycles. The standard InChI is InChI=1S/C13H23N5O2/c1-10(7-18-9-14-8-16-18)17-13(20)15-6-11-3-2-4-12(19)5-11/h8-12,19H,2-7H2,1H3,(H2,15,17,20). The molecule has 0 aliphatic heterocycles. The summed E-state index contributed by atoms with van der Waals surface area (Å²) in [6.45, 7) is 3.14. The highest BCUT2D eigenvalue weighted by atomic mass is 16.3. The number of aliphatic hydroxyl groups excluding tert-OH is 1. The number of hydrogen-bond donors (Lipinski definition) is 3. The van der Waals surface area contributed by atoms with Gasteiger partial charge in [0.25, 0.3) is 0 Å². The molecule has 0 radical (unpaired) electrons. The number of nitrogens with one attached hydrogen (secondary N) is 2. The Balaban J connectivity index is 1.64. The van der Waals surface area contributed by atoms with E-state index in [0.717, 1.165) is 25.7 Å². The van der Waals surface area contributed by atoms with E-state index in [1.165, 1.54) is 6.33 Å². The van der Waals surface area contributed by atoms with Gasteiger partial charge in [-0.25, -0.2) is 9.78 Å². The van der Waals surface area contributed by atoms with Crippen molar-refractivity contribution in [1.29, 1.82) is 0 Å². The van der Waals surface area contributed by atoms with Gasteiger partial charge in [-0.2, -0.15) is 5.10 Å². The molecule has 0 saturated heterocycles. The van der Waals surface area contributed by atoms with Crippen LogP contribution in [0.2, 0.25) is 0 Å². The molecule has 2 rings (SSSR count). The Morgan fingerprint density at radius 3 is 3.10 bits per heavy atom. The van der Waals surface area contributed by atoms with E-state index in [-0.39, 0.29) is 18.2 Å². The van der Waals surface area contributed by atoms with Crippen molar-refractivity contribution < 1.29 is 9.90 Å². The molecule has 1 fully saturated rings. The van der Waals surface area contributed by atoms with Crippen molar-refractivity contribution in [3.63, 3.8) is 0 Å². The largest absolute Gasteiger partial charge is 0.393 e. The summed E-state index contributed by atoms with van der Waals surface area (Å²) in [5.74, 6) is 0.384. The van der Waals surface area contributed by atoms with Gasteiger partial charge < -0.3 is 15.7 Å². The molecule has 0 aromatic carbocycles. The molecule has 20 heavy (non-hydrogen) atoms. The lowest BCUT2D eigenvalue weighted by molar-refractivity contribution is 0.101. The lowest BCUT2D eigenvalue weighted by Crippen LogP contribution is -2.44. The first-order valence-electron chi connectivity index (χ1n) is 7.18. The maximum Gasteiger partial charge on any atom is 0.315 e. The fourth-order valence-corrected chi connectivity index (χ4v) is 2.61. The highest BCUT2D eigenvalue weighted by molar-refractivity contribution is 5.74. The third-order valence-corrected chi connectivity index (χ3v) is 3.61. The summed E-state index contributed by atoms with van der Waals surface area (Å²) in [7, 11) is 0. The van der Waals surface area contributed by atoms with E-state index >= 15 is 0 Å². The zero-order chi connectivity index (χ0) is 14.4. The molecular weight excluding hydrogens is 258 g/mol. The first kappa shape index (κ1) is 14.8. The number of aromatic nitrogens is 3. The van der Waals surface area contributed by atoms with E-state index in [1.54, 1.807) is 11.0 Å². The molecule has 7 nitrogen and oxygen atoms in total. The van der Waals surface area contributed by atoms with Crippen molar-refractivity contribution in [3.05, 3.63) is 12.7 Å². The SMILES string of the molecule is CC(Cn1cncn1)NC(=O)NCC1CCCC(O)C1. The van der Waals surface area contributed by atoms with Crippen LogP contribution in [0.5, 0.6) is 0 Å². The van der Waals surface area contributed by atoms with E-state index in [2.05, 4.69) is 20.7 Å². The molecule has 1 aliphatic rings. The van der Waals surface area contributed by atoms with Crippen LogP contribution in [0.4, 0.5) is 4.79 Å². The topological polar surface area (TPSA) is 92.1 Å². The molecule has 3 unspecified atom stereocenters. The third kappa shape index (κ3) is 4.80. The molecule has 2 amide bonds. The van der Waals surface area contributed by atoms with Gasteiger partial charge in [0, 0.05) is 12.6 Å². The Hall–Kier alpha value is -1.63. The van der Waals surface area contributed by atoms with Crippen LogP contribution >= 0.6 is 0 Å². The average Bonchev–Trinajstić information content (AvgIpc) is 2.89. The van der Waals surface area contributed by atoms with Crippen LogP contribution in [0, 0.1) is 5.92 Å². The average molecular weight is 281 g/mol. The van der Waals surface area contributed by atoms with Crippen LogP contribution in [-0.4, -0.2) is 44.6 Å². The van der Waals surface area contributed by atoms with Crippen LogP contribution in [0.1, 0.15) is 32.6 Å². The monoisotopic (exact) mass is 281 g/mol. The van der Waals surface area contributed by atoms with Crippen molar-refractivity contribution in [1.82, 2.24) is 25.4 Å². The molecule has 3 atom stereocenters. The van der Waals surface area contributed by atoms with Crippen molar-refractivity contribution in [3.8, 4) is 0 Å². The number of amides is 2. The summed E-state index contributed by atoms with van der Waals surface area (Å²) >= 11 is 0. The molecule has 1 aliphatic carbocycles. The normalized spacial score (nSPS) is 24.1. The zero-order valence-electron chi connectivity index (χ0n) is 11.8. The molecule has 7 heteroatoms. The second-order valence-electron chi connectivity index (χ2n) is 5.56. The quantitative estimate of drug-likeness (QED) is 0.733. The van der Waals surface area contributed by atoms with Crippen molar-refractivity contribution in [2.45, 2.75) is 51.3 Å². The molecule has 1 aromatic rings. The lowest BCUT2D eigenvalue weighted by Gasteiger charge is -2.26. The molecule has 3 N–H and O–H groups in total. The number of carbonyl (C=O) groups excluding carboxylic acids is 1. The Morgan fingerprint density at radius 1 is 1.55 bits per heavy atom. The van der Waals surface area contributed by atoms with E-state index in [4.69, 9.17) is 0 Å². The van der Waals surface area contributed by atoms with Crippen LogP contribution in [0.25, 0.3) is 0 Å². The third-order valence-electron chi connectivity index (χ3n) is 3.61. The smallest absolute Gasteiger partial charge is 0.315 e. The van der Waals surface area contributed by atoms with Crippen molar-refractivity contribution in [2.75, 3.05) is 6.54 Å². The lowest BCUT2D eigenvalue weighted by atomic mass is 9.87. The van der Waals surface area contributed by atoms with Crippen molar-refractivity contribution >= 4 is 6.03 Å². The van der Waals surface area contributed by atoms with Gasteiger partial charge in [-0.3, -0.25) is 4.68 Å². The van der Waals surface area contributed by atoms with E-state index in [9.17, 15) is 9.90 Å². The van der Waals surface area contributed by atoms with E-state index in [0.29, 0.717) is 19.0 Å². The summed E-state index contributed by atoms with van der Waals surface area (Å²) in [6.07, 6.45) is 6.68. The minimum Gasteiger partial charge on any atom is -0.393 e. The fourth-order valence-electron chi connectivity index (χ4n) is 2.61. The van der Waals surface area contributed by atoms with Crippen LogP contribution in [0.15, 0.2) is 12.7 Å². The van der Waals surface area contributed by atoms with Crippen LogP contribution in [-0.2, 0) is 6.54 Å². The first-order chi connectivity index (χ1) is 9.63. The summed E-state index contributed by atoms with van der Waals surface area (Å²) in [4.78, 5) is 15.6. The fraction of sp³-hybridized carbons (Fsp3) is 0.769. The Kier molecular flexibility index (Phi) is 5.34. The molecule has 1 aromatic heterocycles. The van der Waals surface area contributed by atoms with Crippen molar-refractivity contribution in [2.24, 2.45) is 5.92 Å². The van der Waals surface area contributed by atoms with Gasteiger partial charge >= 0.3 is 6.03 Å². The summed E-state index contributed by atoms with van der Waals surface area (Å²) in [6, 6.07) is -0.189. The molecule has 0 spiro atoms. The summed E-state index contributed by atoms with van der Waals surface area (Å²) in [5.41, 5.74) is 0. The second-order valence-corrected chi connectivity index (χ2v) is 5.56. The second kappa shape index (κ2) is 7.23. The molecule has 112 valence electrons. The Morgan fingerprint density at radius 2 is 2.40 bits per heavy atom. The number of nitrogens with zero attached hydrogens (tertiary/aromatic N) is 3. The van der Waals surface area contributed by atoms with Gasteiger partial charge in [-0.15, -0.1) is 0 Å². The van der Waals surface area contributed by atoms with Crippen LogP contribution in [0.3, 0.4) is 0 Å². The minimum atomic E-state index is -0.204. The Bertz CT molecular complexity index is 409.